The number of halogens is 2. The maximum atomic E-state index is 13.2. The quantitative estimate of drug-likeness (QED) is 0.682. The lowest BCUT2D eigenvalue weighted by atomic mass is 10.2. The van der Waals surface area contributed by atoms with Crippen molar-refractivity contribution >= 4 is 17.7 Å². The topological polar surface area (TPSA) is 9.23 Å². The second-order valence-electron chi connectivity index (χ2n) is 2.44. The van der Waals surface area contributed by atoms with E-state index in [1.165, 1.54) is 13.2 Å². The van der Waals surface area contributed by atoms with Gasteiger partial charge >= 0.3 is 0 Å². The Morgan fingerprint density at radius 1 is 1.54 bits per heavy atom. The summed E-state index contributed by atoms with van der Waals surface area (Å²) in [5.74, 6) is 0.590. The van der Waals surface area contributed by atoms with Crippen LogP contribution < -0.4 is 4.74 Å². The van der Waals surface area contributed by atoms with Gasteiger partial charge in [0.05, 0.1) is 7.11 Å². The van der Waals surface area contributed by atoms with Gasteiger partial charge in [0.2, 0.25) is 0 Å². The van der Waals surface area contributed by atoms with E-state index < -0.39 is 0 Å². The third-order valence-corrected chi connectivity index (χ3v) is 1.77. The van der Waals surface area contributed by atoms with Gasteiger partial charge in [-0.1, -0.05) is 12.2 Å². The van der Waals surface area contributed by atoms with Gasteiger partial charge in [-0.2, -0.15) is 0 Å². The first kappa shape index (κ1) is 10.1. The summed E-state index contributed by atoms with van der Waals surface area (Å²) in [5.41, 5.74) is 0.515. The highest BCUT2D eigenvalue weighted by Crippen LogP contribution is 2.17. The third-order valence-electron chi connectivity index (χ3n) is 1.59. The Bertz CT molecular complexity index is 310. The molecule has 1 nitrogen and oxygen atoms in total. The van der Waals surface area contributed by atoms with Crippen LogP contribution in [0.5, 0.6) is 5.75 Å². The van der Waals surface area contributed by atoms with E-state index in [9.17, 15) is 4.39 Å². The molecule has 0 aliphatic carbocycles. The van der Waals surface area contributed by atoms with Crippen molar-refractivity contribution in [3.05, 3.63) is 35.7 Å². The lowest BCUT2D eigenvalue weighted by Crippen LogP contribution is -1.86. The van der Waals surface area contributed by atoms with E-state index in [0.717, 1.165) is 0 Å². The predicted octanol–water partition coefficient (Wildman–Crippen LogP) is 3.09. The molecule has 0 saturated heterocycles. The molecule has 0 fully saturated rings. The van der Waals surface area contributed by atoms with E-state index in [-0.39, 0.29) is 5.82 Å². The highest BCUT2D eigenvalue weighted by atomic mass is 35.5. The number of allylic oxidation sites excluding steroid dienone is 1. The molecule has 1 rings (SSSR count). The van der Waals surface area contributed by atoms with Crippen LogP contribution in [-0.2, 0) is 0 Å². The number of ether oxygens (including phenoxy) is 1. The molecule has 0 atom stereocenters. The highest BCUT2D eigenvalue weighted by Gasteiger charge is 1.99. The van der Waals surface area contributed by atoms with Crippen LogP contribution in [0, 0.1) is 5.82 Å². The largest absolute Gasteiger partial charge is 0.497 e. The summed E-state index contributed by atoms with van der Waals surface area (Å²) in [6, 6.07) is 4.70. The Balaban J connectivity index is 2.91. The number of hydrogen-bond acceptors (Lipinski definition) is 1. The van der Waals surface area contributed by atoms with Crippen LogP contribution in [-0.4, -0.2) is 13.0 Å². The van der Waals surface area contributed by atoms with Crippen LogP contribution in [0.1, 0.15) is 5.56 Å². The molecule has 3 heteroatoms. The summed E-state index contributed by atoms with van der Waals surface area (Å²) in [6.45, 7) is 0. The van der Waals surface area contributed by atoms with E-state index in [4.69, 9.17) is 16.3 Å². The van der Waals surface area contributed by atoms with Crippen molar-refractivity contribution in [3.63, 3.8) is 0 Å². The minimum atomic E-state index is -0.305. The summed E-state index contributed by atoms with van der Waals surface area (Å²) >= 11 is 5.43. The molecule has 1 aromatic carbocycles. The Labute approximate surface area is 81.8 Å². The Hall–Kier alpha value is -1.02. The molecule has 13 heavy (non-hydrogen) atoms. The summed E-state index contributed by atoms with van der Waals surface area (Å²) in [6.07, 6.45) is 3.33. The van der Waals surface area contributed by atoms with E-state index in [1.54, 1.807) is 24.3 Å². The predicted molar refractivity (Wildman–Crippen MR) is 52.7 cm³/mol. The normalized spacial score (nSPS) is 10.7. The van der Waals surface area contributed by atoms with E-state index in [2.05, 4.69) is 0 Å². The Morgan fingerprint density at radius 2 is 2.31 bits per heavy atom. The SMILES string of the molecule is COc1ccc(/C=C/CCl)c(F)c1. The van der Waals surface area contributed by atoms with Gasteiger partial charge in [0.25, 0.3) is 0 Å². The summed E-state index contributed by atoms with van der Waals surface area (Å²) in [7, 11) is 1.50. The Kier molecular flexibility index (Phi) is 3.77. The van der Waals surface area contributed by atoms with Gasteiger partial charge in [0, 0.05) is 17.5 Å². The van der Waals surface area contributed by atoms with Gasteiger partial charge in [-0.25, -0.2) is 4.39 Å². The first-order valence-electron chi connectivity index (χ1n) is 3.84. The van der Waals surface area contributed by atoms with Gasteiger partial charge in [-0.15, -0.1) is 11.6 Å². The second kappa shape index (κ2) is 4.87. The monoisotopic (exact) mass is 200 g/mol. The zero-order chi connectivity index (χ0) is 9.68. The van der Waals surface area contributed by atoms with Crippen molar-refractivity contribution in [1.82, 2.24) is 0 Å². The number of benzene rings is 1. The molecule has 0 aliphatic heterocycles. The molecule has 0 unspecified atom stereocenters. The van der Waals surface area contributed by atoms with Gasteiger partial charge in [-0.05, 0) is 12.1 Å². The minimum absolute atomic E-state index is 0.305. The molecule has 0 saturated carbocycles. The fourth-order valence-corrected chi connectivity index (χ4v) is 1.03. The Morgan fingerprint density at radius 3 is 2.85 bits per heavy atom. The number of hydrogen-bond donors (Lipinski definition) is 0. The summed E-state index contributed by atoms with van der Waals surface area (Å²) < 4.78 is 18.1. The molecule has 70 valence electrons. The summed E-state index contributed by atoms with van der Waals surface area (Å²) in [4.78, 5) is 0. The molecule has 0 bridgehead atoms. The van der Waals surface area contributed by atoms with Crippen LogP contribution in [0.4, 0.5) is 4.39 Å². The average molecular weight is 201 g/mol. The minimum Gasteiger partial charge on any atom is -0.497 e. The highest BCUT2D eigenvalue weighted by molar-refractivity contribution is 6.19. The van der Waals surface area contributed by atoms with Gasteiger partial charge in [0.15, 0.2) is 0 Å². The molecule has 0 radical (unpaired) electrons. The smallest absolute Gasteiger partial charge is 0.134 e. The van der Waals surface area contributed by atoms with Crippen molar-refractivity contribution in [3.8, 4) is 5.75 Å². The van der Waals surface area contributed by atoms with Crippen LogP contribution in [0.15, 0.2) is 24.3 Å². The van der Waals surface area contributed by atoms with Gasteiger partial charge < -0.3 is 4.74 Å². The van der Waals surface area contributed by atoms with Crippen LogP contribution >= 0.6 is 11.6 Å². The molecular weight excluding hydrogens is 191 g/mol. The number of alkyl halides is 1. The van der Waals surface area contributed by atoms with Crippen molar-refractivity contribution in [1.29, 1.82) is 0 Å². The fourth-order valence-electron chi connectivity index (χ4n) is 0.942. The average Bonchev–Trinajstić information content (AvgIpc) is 2.16. The first-order valence-corrected chi connectivity index (χ1v) is 4.37. The maximum absolute atomic E-state index is 13.2. The molecule has 0 aliphatic rings. The van der Waals surface area contributed by atoms with Crippen LogP contribution in [0.25, 0.3) is 6.08 Å². The van der Waals surface area contributed by atoms with Crippen molar-refractivity contribution in [2.75, 3.05) is 13.0 Å². The number of rotatable bonds is 3. The van der Waals surface area contributed by atoms with E-state index in [1.807, 2.05) is 0 Å². The lowest BCUT2D eigenvalue weighted by Gasteiger charge is -2.01. The fraction of sp³-hybridized carbons (Fsp3) is 0.200. The van der Waals surface area contributed by atoms with Gasteiger partial charge in [-0.3, -0.25) is 0 Å². The zero-order valence-corrected chi connectivity index (χ0v) is 8.01. The van der Waals surface area contributed by atoms with Crippen molar-refractivity contribution < 1.29 is 9.13 Å². The van der Waals surface area contributed by atoms with Crippen LogP contribution in [0.3, 0.4) is 0 Å². The molecule has 1 aromatic rings. The summed E-state index contributed by atoms with van der Waals surface area (Å²) in [5, 5.41) is 0. The van der Waals surface area contributed by atoms with E-state index in [0.29, 0.717) is 17.2 Å². The molecule has 0 N–H and O–H groups in total. The van der Waals surface area contributed by atoms with E-state index >= 15 is 0 Å². The maximum Gasteiger partial charge on any atom is 0.134 e. The molecular formula is C10H10ClFO. The lowest BCUT2D eigenvalue weighted by molar-refractivity contribution is 0.411. The second-order valence-corrected chi connectivity index (χ2v) is 2.75. The molecule has 0 amide bonds. The molecule has 0 spiro atoms. The van der Waals surface area contributed by atoms with Crippen molar-refractivity contribution in [2.45, 2.75) is 0 Å². The third kappa shape index (κ3) is 2.74. The zero-order valence-electron chi connectivity index (χ0n) is 7.26. The molecule has 0 heterocycles. The number of methoxy groups -OCH3 is 1. The first-order chi connectivity index (χ1) is 6.27. The van der Waals surface area contributed by atoms with Crippen molar-refractivity contribution in [2.24, 2.45) is 0 Å². The van der Waals surface area contributed by atoms with Crippen LogP contribution in [0.2, 0.25) is 0 Å². The van der Waals surface area contributed by atoms with Gasteiger partial charge in [0.1, 0.15) is 11.6 Å². The standard InChI is InChI=1S/C10H10ClFO/c1-13-9-5-4-8(3-2-6-11)10(12)7-9/h2-5,7H,6H2,1H3/b3-2+. The molecule has 0 aromatic heterocycles.